The fourth-order valence-corrected chi connectivity index (χ4v) is 11.9. The van der Waals surface area contributed by atoms with E-state index in [4.69, 9.17) is 23.4 Å². The highest BCUT2D eigenvalue weighted by Gasteiger charge is 2.54. The van der Waals surface area contributed by atoms with Crippen LogP contribution in [0.1, 0.15) is 65.3 Å². The predicted octanol–water partition coefficient (Wildman–Crippen LogP) is 2.50. The molecule has 0 aliphatic carbocycles. The normalized spacial score (nSPS) is 30.6. The molecule has 2 aliphatic rings. The van der Waals surface area contributed by atoms with Crippen molar-refractivity contribution in [1.29, 1.82) is 0 Å². The number of ether oxygens (including phenoxy) is 1. The molecular formula is C18H33N4O5Si2. The Bertz CT molecular complexity index is 721. The van der Waals surface area contributed by atoms with E-state index in [1.54, 1.807) is 4.68 Å². The second-order valence-electron chi connectivity index (χ2n) is 8.84. The maximum absolute atomic E-state index is 11.4. The van der Waals surface area contributed by atoms with Crippen LogP contribution >= 0.6 is 0 Å². The summed E-state index contributed by atoms with van der Waals surface area (Å²) in [5, 5.41) is 4.18. The Kier molecular flexibility index (Phi) is 6.66. The Labute approximate surface area is 175 Å². The van der Waals surface area contributed by atoms with Crippen molar-refractivity contribution in [1.82, 2.24) is 14.8 Å². The molecule has 3 heterocycles. The summed E-state index contributed by atoms with van der Waals surface area (Å²) < 4.78 is 27.8. The molecule has 1 amide bonds. The zero-order valence-corrected chi connectivity index (χ0v) is 20.3. The molecule has 2 N–H and O–H groups in total. The van der Waals surface area contributed by atoms with Gasteiger partial charge in [-0.15, -0.1) is 5.10 Å². The second-order valence-corrected chi connectivity index (χ2v) is 15.7. The molecule has 2 aliphatic heterocycles. The lowest BCUT2D eigenvalue weighted by molar-refractivity contribution is -0.0564. The van der Waals surface area contributed by atoms with Crippen LogP contribution in [0.3, 0.4) is 0 Å². The summed E-state index contributed by atoms with van der Waals surface area (Å²) >= 11 is 0. The standard InChI is InChI=1S/C18H33N4O5Si2/c1-10(2)28-26-15-13(7)18(22-9-20-17(21-22)16(19)23)25-14(15)8-24-29(27-28,11(3)4)12(5)6/h9-15,18H,8H2,1-7H3,(H2,19,23)/t13-,14?,15?,18?/m1/s1. The molecule has 9 nitrogen and oxygen atoms in total. The van der Waals surface area contributed by atoms with Crippen LogP contribution in [0, 0.1) is 5.92 Å². The van der Waals surface area contributed by atoms with E-state index in [1.807, 2.05) is 0 Å². The lowest BCUT2D eigenvalue weighted by Gasteiger charge is -2.44. The van der Waals surface area contributed by atoms with Gasteiger partial charge in [0.05, 0.1) is 12.7 Å². The summed E-state index contributed by atoms with van der Waals surface area (Å²) in [6.45, 7) is 15.4. The van der Waals surface area contributed by atoms with Crippen LogP contribution < -0.4 is 5.73 Å². The van der Waals surface area contributed by atoms with Gasteiger partial charge in [-0.05, 0) is 16.6 Å². The third-order valence-electron chi connectivity index (χ3n) is 5.70. The molecule has 2 fully saturated rings. The van der Waals surface area contributed by atoms with Gasteiger partial charge in [-0.25, -0.2) is 9.67 Å². The Balaban J connectivity index is 1.89. The van der Waals surface area contributed by atoms with Gasteiger partial charge in [0.2, 0.25) is 5.82 Å². The van der Waals surface area contributed by atoms with Gasteiger partial charge in [0.15, 0.2) is 6.23 Å². The van der Waals surface area contributed by atoms with Crippen LogP contribution in [0.15, 0.2) is 6.33 Å². The number of fused-ring (bicyclic) bond motifs is 1. The summed E-state index contributed by atoms with van der Waals surface area (Å²) in [6, 6.07) is 0. The molecule has 3 rings (SSSR count). The van der Waals surface area contributed by atoms with Crippen molar-refractivity contribution in [3.8, 4) is 0 Å². The highest BCUT2D eigenvalue weighted by molar-refractivity contribution is 6.76. The van der Waals surface area contributed by atoms with Crippen LogP contribution in [0.4, 0.5) is 0 Å². The van der Waals surface area contributed by atoms with E-state index in [9.17, 15) is 4.79 Å². The van der Waals surface area contributed by atoms with Crippen molar-refractivity contribution in [2.45, 2.75) is 83.5 Å². The van der Waals surface area contributed by atoms with Gasteiger partial charge in [0.1, 0.15) is 12.4 Å². The number of primary amides is 1. The number of aromatic nitrogens is 3. The van der Waals surface area contributed by atoms with Crippen molar-refractivity contribution < 1.29 is 22.5 Å². The molecular weight excluding hydrogens is 408 g/mol. The van der Waals surface area contributed by atoms with Crippen molar-refractivity contribution >= 4 is 23.8 Å². The second kappa shape index (κ2) is 8.56. The summed E-state index contributed by atoms with van der Waals surface area (Å²) in [5.41, 5.74) is 6.15. The van der Waals surface area contributed by atoms with Gasteiger partial charge in [-0.2, -0.15) is 0 Å². The number of carbonyl (C=O) groups excluding carboxylic acids is 1. The summed E-state index contributed by atoms with van der Waals surface area (Å²) in [4.78, 5) is 15.3. The average molecular weight is 442 g/mol. The van der Waals surface area contributed by atoms with E-state index in [0.717, 1.165) is 0 Å². The Morgan fingerprint density at radius 1 is 1.28 bits per heavy atom. The van der Waals surface area contributed by atoms with E-state index in [0.29, 0.717) is 17.7 Å². The first-order valence-electron chi connectivity index (χ1n) is 10.3. The molecule has 1 aromatic rings. The number of amides is 1. The maximum Gasteiger partial charge on any atom is 0.378 e. The Morgan fingerprint density at radius 3 is 2.45 bits per heavy atom. The number of hydrogen-bond acceptors (Lipinski definition) is 7. The molecule has 0 bridgehead atoms. The van der Waals surface area contributed by atoms with Gasteiger partial charge in [-0.3, -0.25) is 4.79 Å². The van der Waals surface area contributed by atoms with Crippen LogP contribution in [0.5, 0.6) is 0 Å². The van der Waals surface area contributed by atoms with Gasteiger partial charge >= 0.3 is 17.8 Å². The first-order valence-corrected chi connectivity index (χ1v) is 13.7. The molecule has 11 heteroatoms. The molecule has 2 saturated heterocycles. The maximum atomic E-state index is 11.4. The number of nitrogens with zero attached hydrogens (tertiary/aromatic N) is 3. The summed E-state index contributed by atoms with van der Waals surface area (Å²) in [5.74, 6) is -0.701. The highest BCUT2D eigenvalue weighted by atomic mass is 28.4. The quantitative estimate of drug-likeness (QED) is 0.699. The monoisotopic (exact) mass is 441 g/mol. The molecule has 29 heavy (non-hydrogen) atoms. The SMILES string of the molecule is CC(C)[Si]1OC2C(CO[Si](C(C)C)(C(C)C)O1)OC(n1cnc(C(N)=O)n1)[C@@H]2C. The lowest BCUT2D eigenvalue weighted by atomic mass is 10.0. The van der Waals surface area contributed by atoms with E-state index in [1.165, 1.54) is 6.33 Å². The van der Waals surface area contributed by atoms with Gasteiger partial charge in [0.25, 0.3) is 5.91 Å². The molecule has 0 saturated carbocycles. The Morgan fingerprint density at radius 2 is 1.93 bits per heavy atom. The highest BCUT2D eigenvalue weighted by Crippen LogP contribution is 2.43. The molecule has 1 aromatic heterocycles. The number of carbonyl (C=O) groups is 1. The Hall–Kier alpha value is -1.12. The van der Waals surface area contributed by atoms with Crippen molar-refractivity contribution in [3.05, 3.63) is 12.2 Å². The fourth-order valence-electron chi connectivity index (χ4n) is 4.06. The van der Waals surface area contributed by atoms with E-state index >= 15 is 0 Å². The first kappa shape index (κ1) is 22.6. The summed E-state index contributed by atoms with van der Waals surface area (Å²) in [6.07, 6.45) is 0.664. The third kappa shape index (κ3) is 4.21. The lowest BCUT2D eigenvalue weighted by Crippen LogP contribution is -2.58. The van der Waals surface area contributed by atoms with Crippen LogP contribution in [0.25, 0.3) is 0 Å². The molecule has 163 valence electrons. The molecule has 1 radical (unpaired) electrons. The zero-order valence-electron chi connectivity index (χ0n) is 18.3. The molecule has 4 atom stereocenters. The molecule has 0 aromatic carbocycles. The average Bonchev–Trinajstić information content (AvgIpc) is 3.20. The number of hydrogen-bond donors (Lipinski definition) is 1. The third-order valence-corrected chi connectivity index (χ3v) is 13.1. The van der Waals surface area contributed by atoms with Gasteiger partial charge < -0.3 is 23.4 Å². The van der Waals surface area contributed by atoms with Crippen molar-refractivity contribution in [3.63, 3.8) is 0 Å². The minimum atomic E-state index is -2.50. The topological polar surface area (TPSA) is 111 Å². The number of nitrogens with two attached hydrogens (primary N) is 1. The van der Waals surface area contributed by atoms with Crippen LogP contribution in [-0.4, -0.2) is 57.3 Å². The van der Waals surface area contributed by atoms with Gasteiger partial charge in [0, 0.05) is 5.92 Å². The summed E-state index contributed by atoms with van der Waals surface area (Å²) in [7, 11) is -4.08. The molecule has 0 spiro atoms. The minimum absolute atomic E-state index is 0.0133. The van der Waals surface area contributed by atoms with Crippen molar-refractivity contribution in [2.75, 3.05) is 6.61 Å². The first-order chi connectivity index (χ1) is 13.6. The predicted molar refractivity (Wildman–Crippen MR) is 110 cm³/mol. The van der Waals surface area contributed by atoms with Crippen LogP contribution in [-0.2, 0) is 17.7 Å². The van der Waals surface area contributed by atoms with Gasteiger partial charge in [-0.1, -0.05) is 48.5 Å². The molecule has 3 unspecified atom stereocenters. The minimum Gasteiger partial charge on any atom is -0.413 e. The fraction of sp³-hybridized carbons (Fsp3) is 0.833. The van der Waals surface area contributed by atoms with E-state index in [-0.39, 0.29) is 29.5 Å². The largest absolute Gasteiger partial charge is 0.413 e. The van der Waals surface area contributed by atoms with Crippen molar-refractivity contribution in [2.24, 2.45) is 11.7 Å². The smallest absolute Gasteiger partial charge is 0.378 e. The van der Waals surface area contributed by atoms with E-state index in [2.05, 4.69) is 58.5 Å². The zero-order chi connectivity index (χ0) is 21.5. The van der Waals surface area contributed by atoms with Crippen LogP contribution in [0.2, 0.25) is 16.6 Å². The van der Waals surface area contributed by atoms with E-state index < -0.39 is 30.0 Å². The number of rotatable bonds is 5.